The van der Waals surface area contributed by atoms with Crippen LogP contribution in [0, 0.1) is 6.92 Å². The van der Waals surface area contributed by atoms with E-state index in [4.69, 9.17) is 0 Å². The van der Waals surface area contributed by atoms with Gasteiger partial charge in [0.25, 0.3) is 0 Å². The van der Waals surface area contributed by atoms with Crippen molar-refractivity contribution in [1.29, 1.82) is 0 Å². The molecule has 1 aromatic carbocycles. The zero-order valence-electron chi connectivity index (χ0n) is 11.8. The van der Waals surface area contributed by atoms with Crippen molar-refractivity contribution in [2.24, 2.45) is 0 Å². The molecular formula is C15H19N3OS. The van der Waals surface area contributed by atoms with Crippen LogP contribution in [0.25, 0.3) is 0 Å². The second-order valence-corrected chi connectivity index (χ2v) is 5.82. The van der Waals surface area contributed by atoms with Crippen LogP contribution in [-0.2, 0) is 17.6 Å². The summed E-state index contributed by atoms with van der Waals surface area (Å²) in [6.45, 7) is 4.16. The summed E-state index contributed by atoms with van der Waals surface area (Å²) in [5.41, 5.74) is 2.17. The zero-order valence-corrected chi connectivity index (χ0v) is 12.7. The summed E-state index contributed by atoms with van der Waals surface area (Å²) in [6.07, 6.45) is 3.54. The molecule has 4 nitrogen and oxygen atoms in total. The second-order valence-electron chi connectivity index (χ2n) is 4.76. The normalized spacial score (nSPS) is 10.5. The van der Waals surface area contributed by atoms with Gasteiger partial charge in [0.1, 0.15) is 5.01 Å². The van der Waals surface area contributed by atoms with Gasteiger partial charge in [-0.1, -0.05) is 48.9 Å². The molecule has 1 N–H and O–H groups in total. The standard InChI is InChI=1S/C15H19N3OS/c1-3-4-9-14-17-18-15(20-14)16-13(19)10-12-8-6-5-7-11(12)2/h5-8H,3-4,9-10H2,1-2H3,(H,16,18,19). The van der Waals surface area contributed by atoms with Gasteiger partial charge in [-0.15, -0.1) is 10.2 Å². The Bertz CT molecular complexity index is 580. The predicted molar refractivity (Wildman–Crippen MR) is 82.0 cm³/mol. The van der Waals surface area contributed by atoms with E-state index in [1.165, 1.54) is 11.3 Å². The molecule has 1 amide bonds. The highest BCUT2D eigenvalue weighted by Crippen LogP contribution is 2.17. The first kappa shape index (κ1) is 14.7. The first-order valence-electron chi connectivity index (χ1n) is 6.85. The van der Waals surface area contributed by atoms with E-state index < -0.39 is 0 Å². The van der Waals surface area contributed by atoms with Crippen molar-refractivity contribution in [1.82, 2.24) is 10.2 Å². The van der Waals surface area contributed by atoms with Gasteiger partial charge in [-0.3, -0.25) is 4.79 Å². The lowest BCUT2D eigenvalue weighted by Gasteiger charge is -2.04. The van der Waals surface area contributed by atoms with Gasteiger partial charge in [0.2, 0.25) is 11.0 Å². The Morgan fingerprint density at radius 2 is 2.10 bits per heavy atom. The average Bonchev–Trinajstić information content (AvgIpc) is 2.86. The Kier molecular flexibility index (Phi) is 5.24. The van der Waals surface area contributed by atoms with E-state index in [0.717, 1.165) is 35.4 Å². The predicted octanol–water partition coefficient (Wildman–Crippen LogP) is 3.37. The smallest absolute Gasteiger partial charge is 0.230 e. The van der Waals surface area contributed by atoms with E-state index in [9.17, 15) is 4.79 Å². The lowest BCUT2D eigenvalue weighted by atomic mass is 10.1. The van der Waals surface area contributed by atoms with Crippen molar-refractivity contribution in [2.75, 3.05) is 5.32 Å². The number of aromatic nitrogens is 2. The van der Waals surface area contributed by atoms with E-state index >= 15 is 0 Å². The molecular weight excluding hydrogens is 270 g/mol. The first-order valence-corrected chi connectivity index (χ1v) is 7.67. The monoisotopic (exact) mass is 289 g/mol. The number of anilines is 1. The van der Waals surface area contributed by atoms with Crippen molar-refractivity contribution >= 4 is 22.4 Å². The van der Waals surface area contributed by atoms with Crippen molar-refractivity contribution in [2.45, 2.75) is 39.5 Å². The van der Waals surface area contributed by atoms with Gasteiger partial charge in [-0.05, 0) is 24.5 Å². The highest BCUT2D eigenvalue weighted by atomic mass is 32.1. The van der Waals surface area contributed by atoms with E-state index in [-0.39, 0.29) is 5.91 Å². The number of aryl methyl sites for hydroxylation is 2. The van der Waals surface area contributed by atoms with Crippen LogP contribution < -0.4 is 5.32 Å². The third-order valence-corrected chi connectivity index (χ3v) is 3.97. The number of hydrogen-bond acceptors (Lipinski definition) is 4. The molecule has 2 aromatic rings. The molecule has 2 rings (SSSR count). The van der Waals surface area contributed by atoms with E-state index in [1.54, 1.807) is 0 Å². The lowest BCUT2D eigenvalue weighted by Crippen LogP contribution is -2.14. The van der Waals surface area contributed by atoms with Crippen LogP contribution in [0.4, 0.5) is 5.13 Å². The van der Waals surface area contributed by atoms with Crippen LogP contribution >= 0.6 is 11.3 Å². The van der Waals surface area contributed by atoms with Gasteiger partial charge < -0.3 is 5.32 Å². The molecule has 1 heterocycles. The fourth-order valence-corrected chi connectivity index (χ4v) is 2.68. The molecule has 0 aliphatic carbocycles. The molecule has 0 saturated heterocycles. The fourth-order valence-electron chi connectivity index (χ4n) is 1.88. The molecule has 5 heteroatoms. The summed E-state index contributed by atoms with van der Waals surface area (Å²) in [5.74, 6) is -0.0440. The van der Waals surface area contributed by atoms with Gasteiger partial charge in [-0.25, -0.2) is 0 Å². The number of nitrogens with one attached hydrogen (secondary N) is 1. The van der Waals surface area contributed by atoms with E-state index in [1.807, 2.05) is 31.2 Å². The van der Waals surface area contributed by atoms with E-state index in [2.05, 4.69) is 22.4 Å². The summed E-state index contributed by atoms with van der Waals surface area (Å²) >= 11 is 1.46. The molecule has 0 aliphatic rings. The number of benzene rings is 1. The molecule has 0 bridgehead atoms. The molecule has 0 radical (unpaired) electrons. The Hall–Kier alpha value is -1.75. The fraction of sp³-hybridized carbons (Fsp3) is 0.400. The van der Waals surface area contributed by atoms with Gasteiger partial charge >= 0.3 is 0 Å². The number of rotatable bonds is 6. The molecule has 0 fully saturated rings. The minimum Gasteiger partial charge on any atom is -0.300 e. The number of carbonyl (C=O) groups is 1. The molecule has 0 aliphatic heterocycles. The van der Waals surface area contributed by atoms with Crippen molar-refractivity contribution in [3.8, 4) is 0 Å². The third-order valence-electron chi connectivity index (χ3n) is 3.07. The maximum Gasteiger partial charge on any atom is 0.230 e. The van der Waals surface area contributed by atoms with Crippen LogP contribution in [0.15, 0.2) is 24.3 Å². The van der Waals surface area contributed by atoms with Gasteiger partial charge in [0.05, 0.1) is 6.42 Å². The average molecular weight is 289 g/mol. The summed E-state index contributed by atoms with van der Waals surface area (Å²) in [6, 6.07) is 7.91. The summed E-state index contributed by atoms with van der Waals surface area (Å²) in [7, 11) is 0. The highest BCUT2D eigenvalue weighted by Gasteiger charge is 2.09. The number of hydrogen-bond donors (Lipinski definition) is 1. The van der Waals surface area contributed by atoms with Crippen LogP contribution in [-0.4, -0.2) is 16.1 Å². The largest absolute Gasteiger partial charge is 0.300 e. The molecule has 0 spiro atoms. The maximum absolute atomic E-state index is 12.0. The summed E-state index contributed by atoms with van der Waals surface area (Å²) < 4.78 is 0. The van der Waals surface area contributed by atoms with Gasteiger partial charge in [-0.2, -0.15) is 0 Å². The maximum atomic E-state index is 12.0. The molecule has 106 valence electrons. The number of nitrogens with zero attached hydrogens (tertiary/aromatic N) is 2. The second kappa shape index (κ2) is 7.14. The van der Waals surface area contributed by atoms with Crippen LogP contribution in [0.1, 0.15) is 35.9 Å². The Morgan fingerprint density at radius 1 is 1.30 bits per heavy atom. The minimum atomic E-state index is -0.0440. The third kappa shape index (κ3) is 4.13. The van der Waals surface area contributed by atoms with Gasteiger partial charge in [0.15, 0.2) is 0 Å². The summed E-state index contributed by atoms with van der Waals surface area (Å²) in [5, 5.41) is 12.5. The molecule has 0 saturated carbocycles. The van der Waals surface area contributed by atoms with Crippen LogP contribution in [0.5, 0.6) is 0 Å². The SMILES string of the molecule is CCCCc1nnc(NC(=O)Cc2ccccc2C)s1. The van der Waals surface area contributed by atoms with Crippen molar-refractivity contribution in [3.63, 3.8) is 0 Å². The number of amides is 1. The summed E-state index contributed by atoms with van der Waals surface area (Å²) in [4.78, 5) is 12.0. The lowest BCUT2D eigenvalue weighted by molar-refractivity contribution is -0.115. The molecule has 20 heavy (non-hydrogen) atoms. The quantitative estimate of drug-likeness (QED) is 0.887. The van der Waals surface area contributed by atoms with E-state index in [0.29, 0.717) is 11.6 Å². The number of carbonyl (C=O) groups excluding carboxylic acids is 1. The zero-order chi connectivity index (χ0) is 14.4. The van der Waals surface area contributed by atoms with Crippen molar-refractivity contribution in [3.05, 3.63) is 40.4 Å². The number of unbranched alkanes of at least 4 members (excludes halogenated alkanes) is 1. The first-order chi connectivity index (χ1) is 9.69. The van der Waals surface area contributed by atoms with Crippen LogP contribution in [0.3, 0.4) is 0 Å². The minimum absolute atomic E-state index is 0.0440. The van der Waals surface area contributed by atoms with Crippen molar-refractivity contribution < 1.29 is 4.79 Å². The van der Waals surface area contributed by atoms with Crippen LogP contribution in [0.2, 0.25) is 0 Å². The molecule has 0 atom stereocenters. The highest BCUT2D eigenvalue weighted by molar-refractivity contribution is 7.15. The molecule has 1 aromatic heterocycles. The molecule has 0 unspecified atom stereocenters. The topological polar surface area (TPSA) is 54.9 Å². The van der Waals surface area contributed by atoms with Gasteiger partial charge in [0, 0.05) is 6.42 Å². The Balaban J connectivity index is 1.91. The Labute approximate surface area is 123 Å². The Morgan fingerprint density at radius 3 is 2.85 bits per heavy atom.